The Morgan fingerprint density at radius 1 is 1.00 bits per heavy atom. The highest BCUT2D eigenvalue weighted by Gasteiger charge is 2.62. The Labute approximate surface area is 188 Å². The highest BCUT2D eigenvalue weighted by Crippen LogP contribution is 2.49. The summed E-state index contributed by atoms with van der Waals surface area (Å²) in [6, 6.07) is 0. The van der Waals surface area contributed by atoms with Gasteiger partial charge in [0.05, 0.1) is 13.0 Å². The van der Waals surface area contributed by atoms with Crippen LogP contribution < -0.4 is 0 Å². The van der Waals surface area contributed by atoms with Crippen LogP contribution in [-0.2, 0) is 24.0 Å². The van der Waals surface area contributed by atoms with Gasteiger partial charge >= 0.3 is 5.97 Å². The Kier molecular flexibility index (Phi) is 15.1. The van der Waals surface area contributed by atoms with Crippen LogP contribution in [0.4, 0.5) is 26.3 Å². The van der Waals surface area contributed by atoms with Gasteiger partial charge in [-0.1, -0.05) is 7.43 Å². The second-order valence-corrected chi connectivity index (χ2v) is 6.68. The summed E-state index contributed by atoms with van der Waals surface area (Å²) in [5.41, 5.74) is 0. The van der Waals surface area contributed by atoms with Crippen LogP contribution >= 0.6 is 12.4 Å². The molecule has 192 valence electrons. The number of carboxylic acid groups (broad SMARTS) is 1. The maximum absolute atomic E-state index is 12.2. The predicted molar refractivity (Wildman–Crippen MR) is 104 cm³/mol. The summed E-state index contributed by atoms with van der Waals surface area (Å²) in [4.78, 5) is 34.5. The molecule has 0 aliphatic heterocycles. The molecule has 32 heavy (non-hydrogen) atoms. The zero-order chi connectivity index (χ0) is 23.9. The van der Waals surface area contributed by atoms with Gasteiger partial charge in [-0.15, -0.1) is 12.4 Å². The van der Waals surface area contributed by atoms with Crippen LogP contribution in [0, 0.1) is 17.8 Å². The van der Waals surface area contributed by atoms with Crippen molar-refractivity contribution in [3.63, 3.8) is 0 Å². The molecular formula is C18H30ClF6NO6. The second kappa shape index (κ2) is 13.8. The summed E-state index contributed by atoms with van der Waals surface area (Å²) in [7, 11) is 4.26. The number of ether oxygens (including phenoxy) is 1. The summed E-state index contributed by atoms with van der Waals surface area (Å²) in [6.07, 6.45) is -0.766. The first kappa shape index (κ1) is 35.0. The quantitative estimate of drug-likeness (QED) is 0.346. The van der Waals surface area contributed by atoms with Crippen LogP contribution in [0.15, 0.2) is 0 Å². The Balaban J connectivity index is -0.000000361. The summed E-state index contributed by atoms with van der Waals surface area (Å²) in [6.45, 7) is 2.78. The lowest BCUT2D eigenvalue weighted by Crippen LogP contribution is -2.28. The molecule has 0 spiro atoms. The Hall–Kier alpha value is -1.60. The molecule has 0 heterocycles. The van der Waals surface area contributed by atoms with E-state index in [0.29, 0.717) is 6.29 Å². The minimum atomic E-state index is -2.91. The van der Waals surface area contributed by atoms with E-state index in [0.717, 1.165) is 11.7 Å². The molecule has 3 unspecified atom stereocenters. The van der Waals surface area contributed by atoms with E-state index in [-0.39, 0.29) is 32.7 Å². The van der Waals surface area contributed by atoms with Crippen LogP contribution in [0.25, 0.3) is 0 Å². The summed E-state index contributed by atoms with van der Waals surface area (Å²) < 4.78 is 75.5. The lowest BCUT2D eigenvalue weighted by Gasteiger charge is -2.12. The topological polar surface area (TPSA) is 93.1 Å². The van der Waals surface area contributed by atoms with E-state index in [4.69, 9.17) is 5.11 Å². The first-order valence-electron chi connectivity index (χ1n) is 8.73. The van der Waals surface area contributed by atoms with Gasteiger partial charge in [-0.3, -0.25) is 14.4 Å². The zero-order valence-electron chi connectivity index (χ0n) is 17.2. The van der Waals surface area contributed by atoms with Crippen molar-refractivity contribution in [2.75, 3.05) is 27.9 Å². The maximum atomic E-state index is 12.2. The van der Waals surface area contributed by atoms with Gasteiger partial charge in [-0.2, -0.15) is 0 Å². The number of halogens is 7. The summed E-state index contributed by atoms with van der Waals surface area (Å²) in [5, 5.41) is 8.73. The van der Waals surface area contributed by atoms with E-state index in [2.05, 4.69) is 9.57 Å². The Morgan fingerprint density at radius 3 is 1.44 bits per heavy atom. The number of hydrogen-bond donors (Lipinski definition) is 1. The van der Waals surface area contributed by atoms with Gasteiger partial charge in [0.2, 0.25) is 0 Å². The fourth-order valence-electron chi connectivity index (χ4n) is 1.65. The van der Waals surface area contributed by atoms with E-state index in [9.17, 15) is 40.7 Å². The van der Waals surface area contributed by atoms with Gasteiger partial charge in [0.15, 0.2) is 0 Å². The predicted octanol–water partition coefficient (Wildman–Crippen LogP) is 3.94. The number of carbonyl (C=O) groups is 3. The molecule has 7 nitrogen and oxygen atoms in total. The third kappa shape index (κ3) is 11.9. The minimum absolute atomic E-state index is 0. The standard InChI is InChI=1S/C6H9F2NO2.C4H4F2O2.C4H4F2O.C3H8O.CH4.ClH/c1-9(11-2)5(10)4-3-6(4,7)8;5-4(6)1-2(4)3(7)8;5-4(6)1-3(4)2-7;1-3-4-2;;/h4H,3H2,1-2H3;2H,1H2,(H,7,8);2-3H,1H2;3H2,1-2H3;1H4;1H. The molecule has 3 aliphatic carbocycles. The monoisotopic (exact) mass is 505 g/mol. The molecule has 0 aromatic carbocycles. The highest BCUT2D eigenvalue weighted by molar-refractivity contribution is 5.85. The van der Waals surface area contributed by atoms with E-state index < -0.39 is 53.8 Å². The fraction of sp³-hybridized carbons (Fsp3) is 0.833. The molecule has 0 aromatic heterocycles. The lowest BCUT2D eigenvalue weighted by atomic mass is 10.4. The lowest BCUT2D eigenvalue weighted by molar-refractivity contribution is -0.172. The van der Waals surface area contributed by atoms with Crippen LogP contribution in [-0.4, -0.2) is 74.0 Å². The third-order valence-electron chi connectivity index (χ3n) is 4.16. The van der Waals surface area contributed by atoms with Gasteiger partial charge in [-0.25, -0.2) is 31.4 Å². The Bertz CT molecular complexity index is 609. The van der Waals surface area contributed by atoms with Crippen molar-refractivity contribution in [3.8, 4) is 0 Å². The van der Waals surface area contributed by atoms with Crippen molar-refractivity contribution in [2.45, 2.75) is 51.4 Å². The second-order valence-electron chi connectivity index (χ2n) is 6.68. The third-order valence-corrected chi connectivity index (χ3v) is 4.16. The van der Waals surface area contributed by atoms with Crippen LogP contribution in [0.3, 0.4) is 0 Å². The average molecular weight is 506 g/mol. The summed E-state index contributed by atoms with van der Waals surface area (Å²) in [5.74, 6) is -13.9. The highest BCUT2D eigenvalue weighted by atomic mass is 35.5. The van der Waals surface area contributed by atoms with Crippen molar-refractivity contribution in [1.82, 2.24) is 5.06 Å². The van der Waals surface area contributed by atoms with Gasteiger partial charge in [-0.05, 0) is 6.92 Å². The van der Waals surface area contributed by atoms with Gasteiger partial charge < -0.3 is 14.6 Å². The number of nitrogens with zero attached hydrogens (tertiary/aromatic N) is 1. The van der Waals surface area contributed by atoms with Gasteiger partial charge in [0, 0.05) is 40.0 Å². The molecule has 3 rings (SSSR count). The van der Waals surface area contributed by atoms with E-state index in [1.165, 1.54) is 14.2 Å². The van der Waals surface area contributed by atoms with Crippen molar-refractivity contribution in [1.29, 1.82) is 0 Å². The number of hydroxylamine groups is 2. The maximum Gasteiger partial charge on any atom is 0.312 e. The van der Waals surface area contributed by atoms with Crippen molar-refractivity contribution >= 4 is 30.6 Å². The summed E-state index contributed by atoms with van der Waals surface area (Å²) >= 11 is 0. The van der Waals surface area contributed by atoms with Crippen LogP contribution in [0.5, 0.6) is 0 Å². The minimum Gasteiger partial charge on any atom is -0.481 e. The number of aliphatic carboxylic acids is 1. The largest absolute Gasteiger partial charge is 0.481 e. The van der Waals surface area contributed by atoms with Crippen LogP contribution in [0.1, 0.15) is 33.6 Å². The molecule has 0 aromatic rings. The first-order chi connectivity index (χ1) is 13.6. The molecular weight excluding hydrogens is 476 g/mol. The molecule has 0 saturated heterocycles. The molecule has 3 aliphatic rings. The van der Waals surface area contributed by atoms with E-state index in [1.54, 1.807) is 7.11 Å². The van der Waals surface area contributed by atoms with Crippen molar-refractivity contribution in [2.24, 2.45) is 17.8 Å². The average Bonchev–Trinajstić information content (AvgIpc) is 3.60. The number of carbonyl (C=O) groups excluding carboxylic acids is 2. The van der Waals surface area contributed by atoms with E-state index >= 15 is 0 Å². The number of amides is 1. The van der Waals surface area contributed by atoms with Crippen molar-refractivity contribution < 1.29 is 55.4 Å². The number of rotatable bonds is 5. The van der Waals surface area contributed by atoms with Gasteiger partial charge in [0.1, 0.15) is 18.1 Å². The fourth-order valence-corrected chi connectivity index (χ4v) is 1.65. The number of alkyl halides is 6. The smallest absolute Gasteiger partial charge is 0.312 e. The number of aldehydes is 1. The van der Waals surface area contributed by atoms with E-state index in [1.807, 2.05) is 6.92 Å². The molecule has 0 bridgehead atoms. The number of carboxylic acids is 1. The molecule has 3 atom stereocenters. The molecule has 14 heteroatoms. The molecule has 3 fully saturated rings. The normalized spacial score (nSPS) is 25.6. The molecule has 3 saturated carbocycles. The molecule has 0 radical (unpaired) electrons. The van der Waals surface area contributed by atoms with Crippen LogP contribution in [0.2, 0.25) is 0 Å². The zero-order valence-corrected chi connectivity index (χ0v) is 18.1. The number of methoxy groups -OCH3 is 1. The molecule has 1 N–H and O–H groups in total. The van der Waals surface area contributed by atoms with Crippen molar-refractivity contribution in [3.05, 3.63) is 0 Å². The van der Waals surface area contributed by atoms with Gasteiger partial charge in [0.25, 0.3) is 23.7 Å². The molecule has 1 amide bonds. The first-order valence-corrected chi connectivity index (χ1v) is 8.73. The Morgan fingerprint density at radius 2 is 1.34 bits per heavy atom. The number of hydrogen-bond acceptors (Lipinski definition) is 5. The SMILES string of the molecule is C.CCOC.CON(C)C(=O)C1CC1(F)F.Cl.O=C(O)C1CC1(F)F.O=CC1CC1(F)F.